The zero-order chi connectivity index (χ0) is 18.1. The summed E-state index contributed by atoms with van der Waals surface area (Å²) in [5, 5.41) is 0. The van der Waals surface area contributed by atoms with E-state index in [0.717, 1.165) is 28.8 Å². The third-order valence-electron chi connectivity index (χ3n) is 5.67. The Labute approximate surface area is 152 Å². The second-order valence-corrected chi connectivity index (χ2v) is 7.16. The summed E-state index contributed by atoms with van der Waals surface area (Å²) >= 11 is 0. The van der Waals surface area contributed by atoms with Crippen LogP contribution in [0.1, 0.15) is 18.4 Å². The molecule has 4 rings (SSSR count). The maximum atomic E-state index is 13.5. The van der Waals surface area contributed by atoms with Crippen molar-refractivity contribution in [3.63, 3.8) is 0 Å². The van der Waals surface area contributed by atoms with Gasteiger partial charge < -0.3 is 15.4 Å². The topological polar surface area (TPSA) is 55.6 Å². The Kier molecular flexibility index (Phi) is 4.51. The lowest BCUT2D eigenvalue weighted by Gasteiger charge is -2.37. The minimum Gasteiger partial charge on any atom is -0.381 e. The van der Waals surface area contributed by atoms with Crippen LogP contribution < -0.4 is 10.6 Å². The Morgan fingerprint density at radius 1 is 1.15 bits per heavy atom. The molecule has 2 aromatic rings. The van der Waals surface area contributed by atoms with Crippen LogP contribution >= 0.6 is 0 Å². The van der Waals surface area contributed by atoms with Crippen LogP contribution in [0, 0.1) is 11.2 Å². The maximum absolute atomic E-state index is 13.5. The summed E-state index contributed by atoms with van der Waals surface area (Å²) in [7, 11) is 0. The van der Waals surface area contributed by atoms with Gasteiger partial charge in [0.25, 0.3) is 0 Å². The van der Waals surface area contributed by atoms with Crippen molar-refractivity contribution in [1.29, 1.82) is 0 Å². The molecule has 0 bridgehead atoms. The lowest BCUT2D eigenvalue weighted by molar-refractivity contribution is -0.132. The van der Waals surface area contributed by atoms with E-state index < -0.39 is 5.41 Å². The summed E-state index contributed by atoms with van der Waals surface area (Å²) in [5.74, 6) is -0.134. The van der Waals surface area contributed by atoms with E-state index in [1.54, 1.807) is 6.07 Å². The van der Waals surface area contributed by atoms with Crippen molar-refractivity contribution in [2.24, 2.45) is 11.1 Å². The number of ether oxygens (including phenoxy) is 1. The van der Waals surface area contributed by atoms with Crippen molar-refractivity contribution in [2.75, 3.05) is 31.2 Å². The highest BCUT2D eigenvalue weighted by Crippen LogP contribution is 2.38. The molecule has 1 amide bonds. The van der Waals surface area contributed by atoms with Crippen molar-refractivity contribution < 1.29 is 13.9 Å². The van der Waals surface area contributed by atoms with Gasteiger partial charge in [0.2, 0.25) is 5.91 Å². The van der Waals surface area contributed by atoms with Crippen molar-refractivity contribution in [2.45, 2.75) is 19.3 Å². The van der Waals surface area contributed by atoms with Crippen LogP contribution in [0.5, 0.6) is 0 Å². The summed E-state index contributed by atoms with van der Waals surface area (Å²) in [6.07, 6.45) is 2.16. The van der Waals surface area contributed by atoms with Crippen LogP contribution in [-0.2, 0) is 16.0 Å². The Morgan fingerprint density at radius 2 is 1.92 bits per heavy atom. The first-order chi connectivity index (χ1) is 12.6. The molecule has 0 spiro atoms. The van der Waals surface area contributed by atoms with Crippen LogP contribution in [0.4, 0.5) is 10.1 Å². The third-order valence-corrected chi connectivity index (χ3v) is 5.67. The van der Waals surface area contributed by atoms with E-state index in [0.29, 0.717) is 39.1 Å². The lowest BCUT2D eigenvalue weighted by Crippen LogP contribution is -2.50. The van der Waals surface area contributed by atoms with Gasteiger partial charge in [-0.2, -0.15) is 0 Å². The summed E-state index contributed by atoms with van der Waals surface area (Å²) in [6, 6.07) is 12.6. The van der Waals surface area contributed by atoms with Crippen LogP contribution in [0.15, 0.2) is 42.5 Å². The van der Waals surface area contributed by atoms with Gasteiger partial charge in [-0.25, -0.2) is 4.39 Å². The number of benzene rings is 2. The monoisotopic (exact) mass is 354 g/mol. The molecule has 0 radical (unpaired) electrons. The molecule has 0 aromatic heterocycles. The number of hydrogen-bond donors (Lipinski definition) is 1. The zero-order valence-electron chi connectivity index (χ0n) is 14.7. The number of nitrogens with zero attached hydrogens (tertiary/aromatic N) is 1. The lowest BCUT2D eigenvalue weighted by atomic mass is 9.79. The third kappa shape index (κ3) is 2.91. The highest BCUT2D eigenvalue weighted by Gasteiger charge is 2.43. The highest BCUT2D eigenvalue weighted by molar-refractivity contribution is 6.00. The quantitative estimate of drug-likeness (QED) is 0.921. The van der Waals surface area contributed by atoms with Gasteiger partial charge in [-0.05, 0) is 60.2 Å². The minimum atomic E-state index is -0.513. The molecule has 4 nitrogen and oxygen atoms in total. The number of carbonyl (C=O) groups is 1. The predicted molar refractivity (Wildman–Crippen MR) is 99.4 cm³/mol. The van der Waals surface area contributed by atoms with Gasteiger partial charge in [0.15, 0.2) is 0 Å². The Hall–Kier alpha value is -2.24. The number of halogens is 1. The maximum Gasteiger partial charge on any atom is 0.234 e. The number of anilines is 1. The minimum absolute atomic E-state index is 0.112. The number of hydrogen-bond acceptors (Lipinski definition) is 3. The molecule has 2 N–H and O–H groups in total. The SMILES string of the molecule is NCC1(C(=O)N2CCc3cc(-c4cccc(F)c4)ccc32)CCOCC1. The van der Waals surface area contributed by atoms with Crippen LogP contribution in [0.25, 0.3) is 11.1 Å². The Balaban J connectivity index is 1.63. The molecule has 1 fully saturated rings. The molecule has 0 unspecified atom stereocenters. The van der Waals surface area contributed by atoms with Crippen molar-refractivity contribution in [3.8, 4) is 11.1 Å². The number of carbonyl (C=O) groups excluding carboxylic acids is 1. The van der Waals surface area contributed by atoms with E-state index in [4.69, 9.17) is 10.5 Å². The molecule has 2 aliphatic heterocycles. The van der Waals surface area contributed by atoms with E-state index in [-0.39, 0.29) is 11.7 Å². The van der Waals surface area contributed by atoms with Crippen molar-refractivity contribution in [1.82, 2.24) is 0 Å². The molecule has 2 aromatic carbocycles. The molecular weight excluding hydrogens is 331 g/mol. The van der Waals surface area contributed by atoms with Gasteiger partial charge in [0, 0.05) is 32.0 Å². The van der Waals surface area contributed by atoms with Crippen molar-refractivity contribution >= 4 is 11.6 Å². The second-order valence-electron chi connectivity index (χ2n) is 7.16. The van der Waals surface area contributed by atoms with E-state index >= 15 is 0 Å². The van der Waals surface area contributed by atoms with E-state index in [1.165, 1.54) is 12.1 Å². The van der Waals surface area contributed by atoms with Crippen LogP contribution in [0.3, 0.4) is 0 Å². The number of nitrogens with two attached hydrogens (primary N) is 1. The van der Waals surface area contributed by atoms with Crippen LogP contribution in [0.2, 0.25) is 0 Å². The molecule has 26 heavy (non-hydrogen) atoms. The van der Waals surface area contributed by atoms with Gasteiger partial charge in [-0.3, -0.25) is 4.79 Å². The van der Waals surface area contributed by atoms with Crippen LogP contribution in [-0.4, -0.2) is 32.2 Å². The molecular formula is C21H23FN2O2. The Morgan fingerprint density at radius 3 is 2.65 bits per heavy atom. The smallest absolute Gasteiger partial charge is 0.234 e. The summed E-state index contributed by atoms with van der Waals surface area (Å²) < 4.78 is 18.9. The van der Waals surface area contributed by atoms with E-state index in [9.17, 15) is 9.18 Å². The Bertz CT molecular complexity index is 831. The van der Waals surface area contributed by atoms with Gasteiger partial charge in [0.1, 0.15) is 5.82 Å². The average Bonchev–Trinajstić information content (AvgIpc) is 3.11. The fraction of sp³-hybridized carbons (Fsp3) is 0.381. The predicted octanol–water partition coefficient (Wildman–Crippen LogP) is 3.14. The second kappa shape index (κ2) is 6.82. The molecule has 0 aliphatic carbocycles. The molecule has 136 valence electrons. The fourth-order valence-corrected chi connectivity index (χ4v) is 4.01. The zero-order valence-corrected chi connectivity index (χ0v) is 14.7. The first-order valence-electron chi connectivity index (χ1n) is 9.12. The average molecular weight is 354 g/mol. The first kappa shape index (κ1) is 17.2. The fourth-order valence-electron chi connectivity index (χ4n) is 4.01. The summed E-state index contributed by atoms with van der Waals surface area (Å²) in [6.45, 7) is 2.19. The normalized spacial score (nSPS) is 18.6. The van der Waals surface area contributed by atoms with Gasteiger partial charge in [0.05, 0.1) is 5.41 Å². The molecule has 0 atom stereocenters. The van der Waals surface area contributed by atoms with E-state index in [1.807, 2.05) is 23.1 Å². The van der Waals surface area contributed by atoms with Gasteiger partial charge in [-0.15, -0.1) is 0 Å². The molecule has 2 aliphatic rings. The molecule has 0 saturated carbocycles. The van der Waals surface area contributed by atoms with Crippen molar-refractivity contribution in [3.05, 3.63) is 53.8 Å². The molecule has 2 heterocycles. The number of amides is 1. The van der Waals surface area contributed by atoms with E-state index in [2.05, 4.69) is 6.07 Å². The first-order valence-corrected chi connectivity index (χ1v) is 9.12. The molecule has 1 saturated heterocycles. The molecule has 5 heteroatoms. The summed E-state index contributed by atoms with van der Waals surface area (Å²) in [5.41, 5.74) is 9.38. The van der Waals surface area contributed by atoms with Gasteiger partial charge >= 0.3 is 0 Å². The summed E-state index contributed by atoms with van der Waals surface area (Å²) in [4.78, 5) is 15.1. The largest absolute Gasteiger partial charge is 0.381 e. The standard InChI is InChI=1S/C21H23FN2O2/c22-18-3-1-2-15(13-18)16-4-5-19-17(12-16)6-9-24(19)20(25)21(14-23)7-10-26-11-8-21/h1-5,12-13H,6-11,14,23H2. The van der Waals surface area contributed by atoms with Gasteiger partial charge in [-0.1, -0.05) is 18.2 Å². The highest BCUT2D eigenvalue weighted by atomic mass is 19.1. The number of rotatable bonds is 3. The number of fused-ring (bicyclic) bond motifs is 1.